The Balaban J connectivity index is 2.28. The van der Waals surface area contributed by atoms with E-state index < -0.39 is 40.6 Å². The van der Waals surface area contributed by atoms with Crippen molar-refractivity contribution in [2.24, 2.45) is 5.10 Å². The normalized spacial score (nSPS) is 11.0. The zero-order valence-corrected chi connectivity index (χ0v) is 13.1. The lowest BCUT2D eigenvalue weighted by molar-refractivity contribution is 0.0952. The Labute approximate surface area is 142 Å². The van der Waals surface area contributed by atoms with E-state index in [4.69, 9.17) is 16.3 Å². The minimum Gasteiger partial charge on any atom is -0.496 e. The first kappa shape index (κ1) is 18.7. The molecular formula is C15H8ClF5N2O2. The molecule has 2 aromatic carbocycles. The van der Waals surface area contributed by atoms with Crippen LogP contribution in [0.3, 0.4) is 0 Å². The van der Waals surface area contributed by atoms with Crippen molar-refractivity contribution < 1.29 is 31.5 Å². The molecule has 25 heavy (non-hydrogen) atoms. The van der Waals surface area contributed by atoms with Crippen LogP contribution in [0.1, 0.15) is 15.9 Å². The second-order valence-corrected chi connectivity index (χ2v) is 4.96. The second kappa shape index (κ2) is 7.47. The molecule has 0 atom stereocenters. The van der Waals surface area contributed by atoms with E-state index in [2.05, 4.69) is 5.10 Å². The molecule has 0 aliphatic carbocycles. The molecule has 0 saturated heterocycles. The summed E-state index contributed by atoms with van der Waals surface area (Å²) in [6.07, 6.45) is 0.297. The van der Waals surface area contributed by atoms with Gasteiger partial charge >= 0.3 is 0 Å². The summed E-state index contributed by atoms with van der Waals surface area (Å²) in [6.45, 7) is 0. The van der Waals surface area contributed by atoms with Gasteiger partial charge in [0.2, 0.25) is 5.82 Å². The number of amides is 1. The van der Waals surface area contributed by atoms with E-state index >= 15 is 0 Å². The fourth-order valence-corrected chi connectivity index (χ4v) is 1.98. The first-order valence-corrected chi connectivity index (χ1v) is 6.84. The van der Waals surface area contributed by atoms with Crippen LogP contribution in [0, 0.1) is 29.1 Å². The molecule has 0 aromatic heterocycles. The van der Waals surface area contributed by atoms with E-state index in [-0.39, 0.29) is 16.3 Å². The van der Waals surface area contributed by atoms with Gasteiger partial charge in [-0.05, 0) is 18.2 Å². The molecule has 2 rings (SSSR count). The third-order valence-corrected chi connectivity index (χ3v) is 3.24. The number of halogens is 6. The van der Waals surface area contributed by atoms with Crippen molar-refractivity contribution in [3.63, 3.8) is 0 Å². The molecule has 0 heterocycles. The minimum atomic E-state index is -2.29. The van der Waals surface area contributed by atoms with Crippen LogP contribution in [-0.2, 0) is 0 Å². The number of carbonyl (C=O) groups is 1. The van der Waals surface area contributed by atoms with Gasteiger partial charge in [-0.2, -0.15) is 5.10 Å². The zero-order chi connectivity index (χ0) is 18.7. The fourth-order valence-electron chi connectivity index (χ4n) is 1.81. The average Bonchev–Trinajstić information content (AvgIpc) is 2.61. The van der Waals surface area contributed by atoms with Crippen molar-refractivity contribution in [3.8, 4) is 5.75 Å². The van der Waals surface area contributed by atoms with Gasteiger partial charge in [-0.15, -0.1) is 0 Å². The smallest absolute Gasteiger partial charge is 0.275 e. The molecule has 0 bridgehead atoms. The summed E-state index contributed by atoms with van der Waals surface area (Å²) in [5.74, 6) is -11.4. The Hall–Kier alpha value is -2.68. The van der Waals surface area contributed by atoms with Gasteiger partial charge in [0.25, 0.3) is 5.91 Å². The summed E-state index contributed by atoms with van der Waals surface area (Å²) < 4.78 is 70.9. The predicted molar refractivity (Wildman–Crippen MR) is 79.3 cm³/mol. The lowest BCUT2D eigenvalue weighted by atomic mass is 10.2. The van der Waals surface area contributed by atoms with Crippen LogP contribution in [0.4, 0.5) is 22.0 Å². The Morgan fingerprint density at radius 2 is 1.64 bits per heavy atom. The van der Waals surface area contributed by atoms with Crippen LogP contribution in [0.25, 0.3) is 0 Å². The molecule has 132 valence electrons. The number of hydrogen-bond acceptors (Lipinski definition) is 3. The molecule has 2 aromatic rings. The maximum absolute atomic E-state index is 13.5. The maximum atomic E-state index is 13.5. The molecule has 0 fully saturated rings. The highest BCUT2D eigenvalue weighted by molar-refractivity contribution is 6.31. The number of hydrogen-bond donors (Lipinski definition) is 1. The van der Waals surface area contributed by atoms with E-state index in [0.717, 1.165) is 0 Å². The number of nitrogens with zero attached hydrogens (tertiary/aromatic N) is 1. The Morgan fingerprint density at radius 3 is 2.20 bits per heavy atom. The zero-order valence-electron chi connectivity index (χ0n) is 12.3. The number of rotatable bonds is 4. The first-order chi connectivity index (χ1) is 11.8. The highest BCUT2D eigenvalue weighted by Gasteiger charge is 2.24. The molecule has 10 heteroatoms. The summed E-state index contributed by atoms with van der Waals surface area (Å²) in [4.78, 5) is 12.0. The fraction of sp³-hybridized carbons (Fsp3) is 0.0667. The largest absolute Gasteiger partial charge is 0.496 e. The Bertz CT molecular complexity index is 844. The molecule has 0 aliphatic rings. The van der Waals surface area contributed by atoms with E-state index in [1.54, 1.807) is 0 Å². The number of methoxy groups -OCH3 is 1. The Kier molecular flexibility index (Phi) is 5.58. The van der Waals surface area contributed by atoms with Crippen molar-refractivity contribution in [2.45, 2.75) is 0 Å². The summed E-state index contributed by atoms with van der Waals surface area (Å²) in [7, 11) is 1.29. The molecule has 1 N–H and O–H groups in total. The molecule has 0 radical (unpaired) electrons. The molecule has 1 amide bonds. The van der Waals surface area contributed by atoms with E-state index in [0.29, 0.717) is 6.21 Å². The van der Waals surface area contributed by atoms with Crippen LogP contribution in [-0.4, -0.2) is 19.2 Å². The SMILES string of the molecule is COc1ccc(Cl)cc1C(=O)N/N=C\c1c(F)c(F)c(F)c(F)c1F. The first-order valence-electron chi connectivity index (χ1n) is 6.46. The third kappa shape index (κ3) is 3.71. The number of nitrogens with one attached hydrogen (secondary N) is 1. The van der Waals surface area contributed by atoms with Gasteiger partial charge < -0.3 is 4.74 Å². The van der Waals surface area contributed by atoms with Gasteiger partial charge in [-0.3, -0.25) is 4.79 Å². The summed E-state index contributed by atoms with van der Waals surface area (Å²) >= 11 is 5.75. The standard InChI is InChI=1S/C15H8ClF5N2O2/c1-25-9-3-2-6(16)4-7(9)15(24)23-22-5-8-10(17)12(19)14(21)13(20)11(8)18/h2-5H,1H3,(H,23,24)/b22-5-. The molecule has 4 nitrogen and oxygen atoms in total. The topological polar surface area (TPSA) is 50.7 Å². The van der Waals surface area contributed by atoms with Gasteiger partial charge in [0.15, 0.2) is 23.3 Å². The molecule has 0 saturated carbocycles. The lowest BCUT2D eigenvalue weighted by Gasteiger charge is -2.07. The van der Waals surface area contributed by atoms with E-state index in [1.165, 1.54) is 25.3 Å². The predicted octanol–water partition coefficient (Wildman–Crippen LogP) is 3.81. The van der Waals surface area contributed by atoms with Crippen molar-refractivity contribution in [1.82, 2.24) is 5.43 Å². The van der Waals surface area contributed by atoms with Crippen molar-refractivity contribution in [1.29, 1.82) is 0 Å². The second-order valence-electron chi connectivity index (χ2n) is 4.53. The number of carbonyl (C=O) groups excluding carboxylic acids is 1. The molecule has 0 spiro atoms. The Morgan fingerprint density at radius 1 is 1.08 bits per heavy atom. The monoisotopic (exact) mass is 378 g/mol. The van der Waals surface area contributed by atoms with Crippen LogP contribution >= 0.6 is 11.6 Å². The van der Waals surface area contributed by atoms with Crippen LogP contribution in [0.5, 0.6) is 5.75 Å². The van der Waals surface area contributed by atoms with Gasteiger partial charge in [0.1, 0.15) is 5.75 Å². The summed E-state index contributed by atoms with van der Waals surface area (Å²) in [5, 5.41) is 3.40. The number of ether oxygens (including phenoxy) is 1. The quantitative estimate of drug-likeness (QED) is 0.289. The van der Waals surface area contributed by atoms with E-state index in [1.807, 2.05) is 5.43 Å². The third-order valence-electron chi connectivity index (χ3n) is 3.01. The van der Waals surface area contributed by atoms with Crippen molar-refractivity contribution in [2.75, 3.05) is 7.11 Å². The van der Waals surface area contributed by atoms with Crippen LogP contribution in [0.15, 0.2) is 23.3 Å². The van der Waals surface area contributed by atoms with Gasteiger partial charge in [-0.1, -0.05) is 11.6 Å². The molecular weight excluding hydrogens is 371 g/mol. The molecule has 0 aliphatic heterocycles. The van der Waals surface area contributed by atoms with Gasteiger partial charge in [-0.25, -0.2) is 27.4 Å². The van der Waals surface area contributed by atoms with Crippen molar-refractivity contribution >= 4 is 23.7 Å². The number of benzene rings is 2. The summed E-state index contributed by atoms with van der Waals surface area (Å²) in [5.41, 5.74) is 0.529. The highest BCUT2D eigenvalue weighted by Crippen LogP contribution is 2.23. The highest BCUT2D eigenvalue weighted by atomic mass is 35.5. The number of hydrazone groups is 1. The van der Waals surface area contributed by atoms with Gasteiger partial charge in [0.05, 0.1) is 24.5 Å². The van der Waals surface area contributed by atoms with Crippen molar-refractivity contribution in [3.05, 3.63) is 63.4 Å². The molecule has 0 unspecified atom stereocenters. The average molecular weight is 379 g/mol. The van der Waals surface area contributed by atoms with E-state index in [9.17, 15) is 26.7 Å². The lowest BCUT2D eigenvalue weighted by Crippen LogP contribution is -2.19. The maximum Gasteiger partial charge on any atom is 0.275 e. The minimum absolute atomic E-state index is 0.0513. The summed E-state index contributed by atoms with van der Waals surface area (Å²) in [6, 6.07) is 4.09. The van der Waals surface area contributed by atoms with Crippen LogP contribution in [0.2, 0.25) is 5.02 Å². The van der Waals surface area contributed by atoms with Gasteiger partial charge in [0, 0.05) is 5.02 Å². The van der Waals surface area contributed by atoms with Crippen LogP contribution < -0.4 is 10.2 Å².